The third-order valence-corrected chi connectivity index (χ3v) is 11.0. The Bertz CT molecular complexity index is 3470. The van der Waals surface area contributed by atoms with Crippen LogP contribution in [0.5, 0.6) is 0 Å². The van der Waals surface area contributed by atoms with E-state index in [1.54, 1.807) is 0 Å². The highest BCUT2D eigenvalue weighted by atomic mass is 16.3. The lowest BCUT2D eigenvalue weighted by molar-refractivity contribution is 0.668. The Labute approximate surface area is 325 Å². The summed E-state index contributed by atoms with van der Waals surface area (Å²) in [5.41, 5.74) is 11.5. The van der Waals surface area contributed by atoms with Crippen molar-refractivity contribution in [1.82, 2.24) is 15.0 Å². The van der Waals surface area contributed by atoms with Crippen LogP contribution < -0.4 is 0 Å². The number of furan rings is 3. The van der Waals surface area contributed by atoms with E-state index < -0.39 is 0 Å². The SMILES string of the molecule is c1ccc(-c2nc(-c3ccccc3)nc(-c3cccc4c3oc3cc(-c5ccc(-c6cccc7c6oc6ccccc67)c6c5oc5ccccc56)ccc34)n2)cc1. The summed E-state index contributed by atoms with van der Waals surface area (Å²) >= 11 is 0. The Morgan fingerprint density at radius 1 is 0.281 bits per heavy atom. The number of para-hydroxylation sites is 4. The molecule has 0 saturated heterocycles. The van der Waals surface area contributed by atoms with Gasteiger partial charge in [0.25, 0.3) is 0 Å². The van der Waals surface area contributed by atoms with Crippen molar-refractivity contribution >= 4 is 65.8 Å². The Balaban J connectivity index is 1.04. The maximum atomic E-state index is 6.79. The van der Waals surface area contributed by atoms with E-state index in [0.29, 0.717) is 17.5 Å². The average Bonchev–Trinajstić information content (AvgIpc) is 3.98. The van der Waals surface area contributed by atoms with Crippen molar-refractivity contribution in [3.05, 3.63) is 176 Å². The van der Waals surface area contributed by atoms with Gasteiger partial charge in [0.1, 0.15) is 33.5 Å². The fourth-order valence-corrected chi connectivity index (χ4v) is 8.31. The highest BCUT2D eigenvalue weighted by molar-refractivity contribution is 6.20. The van der Waals surface area contributed by atoms with Crippen LogP contribution >= 0.6 is 0 Å². The molecule has 0 aliphatic heterocycles. The number of fused-ring (bicyclic) bond motifs is 9. The van der Waals surface area contributed by atoms with Gasteiger partial charge < -0.3 is 13.3 Å². The zero-order chi connectivity index (χ0) is 37.5. The molecule has 0 spiro atoms. The van der Waals surface area contributed by atoms with E-state index in [1.165, 1.54) is 0 Å². The van der Waals surface area contributed by atoms with Gasteiger partial charge in [-0.1, -0.05) is 140 Å². The summed E-state index contributed by atoms with van der Waals surface area (Å²) in [4.78, 5) is 14.9. The van der Waals surface area contributed by atoms with Crippen molar-refractivity contribution in [2.24, 2.45) is 0 Å². The molecular formula is C51H29N3O3. The molecule has 0 unspecified atom stereocenters. The Kier molecular flexibility index (Phi) is 6.83. The van der Waals surface area contributed by atoms with Crippen LogP contribution in [0.4, 0.5) is 0 Å². The molecule has 0 saturated carbocycles. The van der Waals surface area contributed by atoms with Gasteiger partial charge in [-0.25, -0.2) is 15.0 Å². The normalized spacial score (nSPS) is 11.9. The molecule has 4 heterocycles. The van der Waals surface area contributed by atoms with E-state index in [9.17, 15) is 0 Å². The van der Waals surface area contributed by atoms with Gasteiger partial charge in [-0.15, -0.1) is 0 Å². The van der Waals surface area contributed by atoms with Crippen molar-refractivity contribution in [3.63, 3.8) is 0 Å². The average molecular weight is 732 g/mol. The van der Waals surface area contributed by atoms with Gasteiger partial charge in [-0.2, -0.15) is 0 Å². The van der Waals surface area contributed by atoms with Gasteiger partial charge >= 0.3 is 0 Å². The number of benzene rings is 8. The van der Waals surface area contributed by atoms with Gasteiger partial charge in [-0.05, 0) is 47.5 Å². The first-order valence-corrected chi connectivity index (χ1v) is 18.9. The van der Waals surface area contributed by atoms with E-state index in [4.69, 9.17) is 28.2 Å². The van der Waals surface area contributed by atoms with Crippen LogP contribution in [0, 0.1) is 0 Å². The molecule has 8 aromatic carbocycles. The maximum absolute atomic E-state index is 6.79. The zero-order valence-corrected chi connectivity index (χ0v) is 30.3. The quantitative estimate of drug-likeness (QED) is 0.175. The van der Waals surface area contributed by atoms with Crippen LogP contribution in [0.1, 0.15) is 0 Å². The molecule has 12 aromatic rings. The van der Waals surface area contributed by atoms with E-state index >= 15 is 0 Å². The van der Waals surface area contributed by atoms with Crippen molar-refractivity contribution in [2.45, 2.75) is 0 Å². The fourth-order valence-electron chi connectivity index (χ4n) is 8.31. The molecule has 266 valence electrons. The molecule has 12 rings (SSSR count). The van der Waals surface area contributed by atoms with Gasteiger partial charge in [0.15, 0.2) is 17.5 Å². The van der Waals surface area contributed by atoms with E-state index in [0.717, 1.165) is 105 Å². The molecule has 0 atom stereocenters. The van der Waals surface area contributed by atoms with E-state index in [1.807, 2.05) is 97.1 Å². The second-order valence-corrected chi connectivity index (χ2v) is 14.3. The predicted octanol–water partition coefficient (Wildman–Crippen LogP) is 13.9. The predicted molar refractivity (Wildman–Crippen MR) is 229 cm³/mol. The fraction of sp³-hybridized carbons (Fsp3) is 0. The smallest absolute Gasteiger partial charge is 0.167 e. The molecular weight excluding hydrogens is 703 g/mol. The first-order valence-electron chi connectivity index (χ1n) is 18.9. The summed E-state index contributed by atoms with van der Waals surface area (Å²) in [6.45, 7) is 0. The molecule has 0 N–H and O–H groups in total. The van der Waals surface area contributed by atoms with Crippen LogP contribution in [-0.4, -0.2) is 15.0 Å². The molecule has 4 aromatic heterocycles. The van der Waals surface area contributed by atoms with E-state index in [-0.39, 0.29) is 0 Å². The van der Waals surface area contributed by atoms with Gasteiger partial charge in [0.2, 0.25) is 0 Å². The molecule has 0 bridgehead atoms. The molecule has 0 aliphatic rings. The van der Waals surface area contributed by atoms with Crippen LogP contribution in [0.15, 0.2) is 189 Å². The number of hydrogen-bond donors (Lipinski definition) is 0. The molecule has 57 heavy (non-hydrogen) atoms. The summed E-state index contributed by atoms with van der Waals surface area (Å²) in [5, 5.41) is 6.28. The standard InChI is InChI=1S/C51H29N3O3/c1-3-13-30(14-4-1)49-52-50(31-15-5-2-6-16-31)54-51(53-49)41-22-12-20-38-35-26-25-32(29-44(35)57-47(38)41)33-27-28-36(45-40-18-8-10-24-43(40)56-48(33)45)39-21-11-19-37-34-17-7-9-23-42(34)55-46(37)39/h1-29H. The lowest BCUT2D eigenvalue weighted by Gasteiger charge is -2.09. The number of rotatable bonds is 5. The van der Waals surface area contributed by atoms with Crippen molar-refractivity contribution in [1.29, 1.82) is 0 Å². The molecule has 6 heteroatoms. The third kappa shape index (κ3) is 4.94. The molecule has 0 radical (unpaired) electrons. The minimum absolute atomic E-state index is 0.548. The monoisotopic (exact) mass is 731 g/mol. The lowest BCUT2D eigenvalue weighted by atomic mass is 9.93. The maximum Gasteiger partial charge on any atom is 0.167 e. The highest BCUT2D eigenvalue weighted by Gasteiger charge is 2.22. The van der Waals surface area contributed by atoms with Gasteiger partial charge in [0.05, 0.1) is 5.56 Å². The van der Waals surface area contributed by atoms with Crippen molar-refractivity contribution in [3.8, 4) is 56.4 Å². The Morgan fingerprint density at radius 3 is 1.51 bits per heavy atom. The molecule has 0 aliphatic carbocycles. The second kappa shape index (κ2) is 12.3. The van der Waals surface area contributed by atoms with Crippen LogP contribution in [0.25, 0.3) is 122 Å². The van der Waals surface area contributed by atoms with Crippen molar-refractivity contribution < 1.29 is 13.3 Å². The number of hydrogen-bond acceptors (Lipinski definition) is 6. The molecule has 0 fully saturated rings. The summed E-state index contributed by atoms with van der Waals surface area (Å²) < 4.78 is 20.0. The first-order chi connectivity index (χ1) is 28.2. The Morgan fingerprint density at radius 2 is 0.789 bits per heavy atom. The largest absolute Gasteiger partial charge is 0.455 e. The lowest BCUT2D eigenvalue weighted by Crippen LogP contribution is -2.00. The van der Waals surface area contributed by atoms with Crippen LogP contribution in [-0.2, 0) is 0 Å². The summed E-state index contributed by atoms with van der Waals surface area (Å²) in [5.74, 6) is 1.75. The van der Waals surface area contributed by atoms with E-state index in [2.05, 4.69) is 78.9 Å². The topological polar surface area (TPSA) is 78.1 Å². The highest BCUT2D eigenvalue weighted by Crippen LogP contribution is 2.46. The molecule has 6 nitrogen and oxygen atoms in total. The minimum Gasteiger partial charge on any atom is -0.455 e. The summed E-state index contributed by atoms with van der Waals surface area (Å²) in [6, 6.07) is 59.7. The van der Waals surface area contributed by atoms with Crippen LogP contribution in [0.2, 0.25) is 0 Å². The second-order valence-electron chi connectivity index (χ2n) is 14.3. The minimum atomic E-state index is 0.548. The number of nitrogens with zero attached hydrogens (tertiary/aromatic N) is 3. The zero-order valence-electron chi connectivity index (χ0n) is 30.3. The Hall–Kier alpha value is -7.83. The third-order valence-electron chi connectivity index (χ3n) is 11.0. The summed E-state index contributed by atoms with van der Waals surface area (Å²) in [7, 11) is 0. The number of aromatic nitrogens is 3. The van der Waals surface area contributed by atoms with Crippen LogP contribution in [0.3, 0.4) is 0 Å². The van der Waals surface area contributed by atoms with Gasteiger partial charge in [0, 0.05) is 54.6 Å². The van der Waals surface area contributed by atoms with Crippen molar-refractivity contribution in [2.75, 3.05) is 0 Å². The van der Waals surface area contributed by atoms with Gasteiger partial charge in [-0.3, -0.25) is 0 Å². The summed E-state index contributed by atoms with van der Waals surface area (Å²) in [6.07, 6.45) is 0. The molecule has 0 amide bonds. The first kappa shape index (κ1) is 31.5.